The molecule has 0 aliphatic rings. The van der Waals surface area contributed by atoms with Gasteiger partial charge in [-0.3, -0.25) is 5.32 Å². The average Bonchev–Trinajstić information content (AvgIpc) is 2.53. The third-order valence-corrected chi connectivity index (χ3v) is 4.03. The smallest absolute Gasteiger partial charge is 0.230 e. The molecule has 0 aliphatic carbocycles. The fourth-order valence-corrected chi connectivity index (χ4v) is 2.50. The van der Waals surface area contributed by atoms with Gasteiger partial charge in [-0.2, -0.15) is 0 Å². The predicted molar refractivity (Wildman–Crippen MR) is 95.0 cm³/mol. The molecule has 0 amide bonds. The van der Waals surface area contributed by atoms with Crippen molar-refractivity contribution in [2.75, 3.05) is 11.9 Å². The van der Waals surface area contributed by atoms with Crippen molar-refractivity contribution in [1.82, 2.24) is 19.9 Å². The Morgan fingerprint density at radius 1 is 0.875 bits per heavy atom. The van der Waals surface area contributed by atoms with Crippen molar-refractivity contribution in [2.45, 2.75) is 34.6 Å². The molecule has 6 nitrogen and oxygen atoms in total. The summed E-state index contributed by atoms with van der Waals surface area (Å²) < 4.78 is 5.54. The van der Waals surface area contributed by atoms with Crippen LogP contribution in [0, 0.1) is 27.7 Å². The molecule has 24 heavy (non-hydrogen) atoms. The van der Waals surface area contributed by atoms with Crippen molar-refractivity contribution in [3.8, 4) is 5.75 Å². The Morgan fingerprint density at radius 3 is 2.17 bits per heavy atom. The molecule has 1 N–H and O–H groups in total. The van der Waals surface area contributed by atoms with Crippen LogP contribution in [0.25, 0.3) is 10.9 Å². The maximum absolute atomic E-state index is 5.54. The molecule has 3 aromatic rings. The summed E-state index contributed by atoms with van der Waals surface area (Å²) in [5.41, 5.74) is 4.73. The van der Waals surface area contributed by atoms with Gasteiger partial charge in [-0.1, -0.05) is 0 Å². The molecule has 2 aromatic heterocycles. The van der Waals surface area contributed by atoms with Crippen LogP contribution in [-0.2, 0) is 0 Å². The number of anilines is 2. The monoisotopic (exact) mass is 323 g/mol. The summed E-state index contributed by atoms with van der Waals surface area (Å²) in [5, 5.41) is 4.09. The summed E-state index contributed by atoms with van der Waals surface area (Å²) in [7, 11) is 0. The number of nitrogens with one attached hydrogen (secondary N) is 1. The lowest BCUT2D eigenvalue weighted by molar-refractivity contribution is 0.340. The normalized spacial score (nSPS) is 10.9. The molecule has 0 unspecified atom stereocenters. The number of nitrogens with zero attached hydrogens (tertiary/aromatic N) is 4. The Labute approximate surface area is 141 Å². The van der Waals surface area contributed by atoms with Crippen molar-refractivity contribution in [3.05, 3.63) is 40.8 Å². The lowest BCUT2D eigenvalue weighted by atomic mass is 10.2. The van der Waals surface area contributed by atoms with E-state index in [1.807, 2.05) is 52.8 Å². The van der Waals surface area contributed by atoms with Gasteiger partial charge >= 0.3 is 0 Å². The van der Waals surface area contributed by atoms with Gasteiger partial charge in [-0.25, -0.2) is 19.9 Å². The summed E-state index contributed by atoms with van der Waals surface area (Å²) in [5.74, 6) is 1.83. The Bertz CT molecular complexity index is 884. The second-order valence-corrected chi connectivity index (χ2v) is 5.71. The van der Waals surface area contributed by atoms with E-state index in [4.69, 9.17) is 4.74 Å². The number of aromatic nitrogens is 4. The molecule has 0 spiro atoms. The van der Waals surface area contributed by atoms with Gasteiger partial charge in [0.05, 0.1) is 17.8 Å². The number of hydrogen-bond donors (Lipinski definition) is 1. The van der Waals surface area contributed by atoms with E-state index in [1.165, 1.54) is 0 Å². The van der Waals surface area contributed by atoms with E-state index in [0.717, 1.165) is 39.3 Å². The molecule has 0 bridgehead atoms. The highest BCUT2D eigenvalue weighted by Gasteiger charge is 2.09. The van der Waals surface area contributed by atoms with Gasteiger partial charge in [-0.15, -0.1) is 0 Å². The summed E-state index contributed by atoms with van der Waals surface area (Å²) >= 11 is 0. The molecule has 0 fully saturated rings. The molecular weight excluding hydrogens is 302 g/mol. The molecule has 0 radical (unpaired) electrons. The number of benzene rings is 1. The first-order valence-corrected chi connectivity index (χ1v) is 7.98. The summed E-state index contributed by atoms with van der Waals surface area (Å²) in [4.78, 5) is 18.0. The fraction of sp³-hybridized carbons (Fsp3) is 0.333. The van der Waals surface area contributed by atoms with Crippen LogP contribution in [-0.4, -0.2) is 26.5 Å². The first-order chi connectivity index (χ1) is 11.5. The molecule has 3 rings (SSSR count). The summed E-state index contributed by atoms with van der Waals surface area (Å²) in [6, 6.07) is 5.82. The number of ether oxygens (including phenoxy) is 1. The van der Waals surface area contributed by atoms with Gasteiger partial charge in [0.2, 0.25) is 11.9 Å². The number of rotatable bonds is 4. The molecule has 0 aliphatic heterocycles. The lowest BCUT2D eigenvalue weighted by Crippen LogP contribution is -2.06. The maximum Gasteiger partial charge on any atom is 0.230 e. The van der Waals surface area contributed by atoms with E-state index in [0.29, 0.717) is 18.5 Å². The third-order valence-electron chi connectivity index (χ3n) is 4.03. The first-order valence-electron chi connectivity index (χ1n) is 7.98. The fourth-order valence-electron chi connectivity index (χ4n) is 2.50. The minimum absolute atomic E-state index is 0.492. The van der Waals surface area contributed by atoms with Crippen LogP contribution in [0.2, 0.25) is 0 Å². The van der Waals surface area contributed by atoms with Crippen LogP contribution in [0.3, 0.4) is 0 Å². The molecule has 0 atom stereocenters. The van der Waals surface area contributed by atoms with Gasteiger partial charge in [0.15, 0.2) is 0 Å². The summed E-state index contributed by atoms with van der Waals surface area (Å²) in [6.07, 6.45) is 0. The minimum Gasteiger partial charge on any atom is -0.494 e. The van der Waals surface area contributed by atoms with Crippen LogP contribution < -0.4 is 10.1 Å². The quantitative estimate of drug-likeness (QED) is 0.787. The Kier molecular flexibility index (Phi) is 4.29. The Balaban J connectivity index is 1.97. The lowest BCUT2D eigenvalue weighted by Gasteiger charge is -2.10. The standard InChI is InChI=1S/C18H21N5O/c1-6-24-14-7-8-16-15(9-14)13(5)21-18(22-16)23-17-19-11(3)10(2)12(4)20-17/h7-9H,6H2,1-5H3,(H,19,20,21,22,23). The molecule has 2 heterocycles. The van der Waals surface area contributed by atoms with Crippen LogP contribution in [0.15, 0.2) is 18.2 Å². The number of hydrogen-bond acceptors (Lipinski definition) is 6. The van der Waals surface area contributed by atoms with Gasteiger partial charge in [0.1, 0.15) is 5.75 Å². The molecule has 124 valence electrons. The minimum atomic E-state index is 0.492. The summed E-state index contributed by atoms with van der Waals surface area (Å²) in [6.45, 7) is 10.5. The van der Waals surface area contributed by atoms with Gasteiger partial charge in [0, 0.05) is 16.8 Å². The molecule has 0 saturated heterocycles. The maximum atomic E-state index is 5.54. The highest BCUT2D eigenvalue weighted by molar-refractivity contribution is 5.83. The largest absolute Gasteiger partial charge is 0.494 e. The second kappa shape index (κ2) is 6.39. The Morgan fingerprint density at radius 2 is 1.50 bits per heavy atom. The first kappa shape index (κ1) is 16.1. The van der Waals surface area contributed by atoms with Crippen molar-refractivity contribution in [2.24, 2.45) is 0 Å². The van der Waals surface area contributed by atoms with E-state index in [9.17, 15) is 0 Å². The number of fused-ring (bicyclic) bond motifs is 1. The SMILES string of the molecule is CCOc1ccc2nc(Nc3nc(C)c(C)c(C)n3)nc(C)c2c1. The zero-order valence-electron chi connectivity index (χ0n) is 14.6. The third kappa shape index (κ3) is 3.13. The van der Waals surface area contributed by atoms with Crippen LogP contribution >= 0.6 is 0 Å². The molecule has 6 heteroatoms. The van der Waals surface area contributed by atoms with Crippen molar-refractivity contribution >= 4 is 22.8 Å². The van der Waals surface area contributed by atoms with Crippen molar-refractivity contribution in [3.63, 3.8) is 0 Å². The van der Waals surface area contributed by atoms with Gasteiger partial charge < -0.3 is 4.74 Å². The van der Waals surface area contributed by atoms with Crippen LogP contribution in [0.1, 0.15) is 29.6 Å². The van der Waals surface area contributed by atoms with Crippen molar-refractivity contribution in [1.29, 1.82) is 0 Å². The van der Waals surface area contributed by atoms with E-state index < -0.39 is 0 Å². The number of aryl methyl sites for hydroxylation is 3. The van der Waals surface area contributed by atoms with E-state index in [-0.39, 0.29) is 0 Å². The highest BCUT2D eigenvalue weighted by Crippen LogP contribution is 2.24. The van der Waals surface area contributed by atoms with Crippen LogP contribution in [0.4, 0.5) is 11.9 Å². The second-order valence-electron chi connectivity index (χ2n) is 5.71. The van der Waals surface area contributed by atoms with Gasteiger partial charge in [-0.05, 0) is 58.4 Å². The molecular formula is C18H21N5O. The van der Waals surface area contributed by atoms with Gasteiger partial charge in [0.25, 0.3) is 0 Å². The van der Waals surface area contributed by atoms with Crippen LogP contribution in [0.5, 0.6) is 5.75 Å². The molecule has 0 saturated carbocycles. The molecule has 1 aromatic carbocycles. The Hall–Kier alpha value is -2.76. The predicted octanol–water partition coefficient (Wildman–Crippen LogP) is 3.80. The zero-order chi connectivity index (χ0) is 17.3. The average molecular weight is 323 g/mol. The van der Waals surface area contributed by atoms with E-state index >= 15 is 0 Å². The van der Waals surface area contributed by atoms with E-state index in [2.05, 4.69) is 25.3 Å². The van der Waals surface area contributed by atoms with E-state index in [1.54, 1.807) is 0 Å². The zero-order valence-corrected chi connectivity index (χ0v) is 14.6. The topological polar surface area (TPSA) is 72.8 Å². The highest BCUT2D eigenvalue weighted by atomic mass is 16.5. The van der Waals surface area contributed by atoms with Crippen molar-refractivity contribution < 1.29 is 4.74 Å².